The normalized spacial score (nSPS) is 26.5. The van der Waals surface area contributed by atoms with Crippen molar-refractivity contribution < 1.29 is 9.59 Å². The number of hydrogen-bond acceptors (Lipinski definition) is 3. The van der Waals surface area contributed by atoms with Crippen LogP contribution in [0.4, 0.5) is 5.69 Å². The Labute approximate surface area is 130 Å². The van der Waals surface area contributed by atoms with Gasteiger partial charge >= 0.3 is 0 Å². The monoisotopic (exact) mass is 301 g/mol. The molecule has 1 heterocycles. The Balaban J connectivity index is 1.55. The molecule has 22 heavy (non-hydrogen) atoms. The fourth-order valence-electron chi connectivity index (χ4n) is 2.91. The molecule has 3 rings (SSSR count). The van der Waals surface area contributed by atoms with Gasteiger partial charge in [0.1, 0.15) is 0 Å². The fourth-order valence-corrected chi connectivity index (χ4v) is 2.91. The first-order chi connectivity index (χ1) is 10.6. The Morgan fingerprint density at radius 1 is 1.36 bits per heavy atom. The molecule has 1 saturated carbocycles. The van der Waals surface area contributed by atoms with Gasteiger partial charge in [0.25, 0.3) is 5.91 Å². The van der Waals surface area contributed by atoms with Crippen molar-refractivity contribution in [2.75, 3.05) is 18.4 Å². The molecule has 1 aromatic carbocycles. The Morgan fingerprint density at radius 3 is 2.86 bits per heavy atom. The zero-order chi connectivity index (χ0) is 15.5. The third kappa shape index (κ3) is 3.65. The van der Waals surface area contributed by atoms with Crippen molar-refractivity contribution in [2.24, 2.45) is 11.8 Å². The number of amides is 2. The zero-order valence-electron chi connectivity index (χ0n) is 12.9. The van der Waals surface area contributed by atoms with Crippen LogP contribution < -0.4 is 16.0 Å². The highest BCUT2D eigenvalue weighted by atomic mass is 16.2. The Bertz CT molecular complexity index is 567. The number of nitrogens with one attached hydrogen (secondary N) is 3. The average molecular weight is 301 g/mol. The minimum absolute atomic E-state index is 0.0558. The molecule has 0 aromatic heterocycles. The van der Waals surface area contributed by atoms with E-state index in [1.165, 1.54) is 6.42 Å². The van der Waals surface area contributed by atoms with E-state index in [9.17, 15) is 9.59 Å². The second-order valence-corrected chi connectivity index (χ2v) is 6.39. The third-order valence-electron chi connectivity index (χ3n) is 4.51. The van der Waals surface area contributed by atoms with Crippen LogP contribution in [0.1, 0.15) is 36.5 Å². The van der Waals surface area contributed by atoms with Crippen molar-refractivity contribution in [3.63, 3.8) is 0 Å². The molecule has 5 nitrogen and oxygen atoms in total. The first kappa shape index (κ1) is 15.0. The first-order valence-corrected chi connectivity index (χ1v) is 8.06. The van der Waals surface area contributed by atoms with Crippen molar-refractivity contribution in [2.45, 2.75) is 32.2 Å². The van der Waals surface area contributed by atoms with Gasteiger partial charge < -0.3 is 16.0 Å². The highest BCUT2D eigenvalue weighted by Crippen LogP contribution is 2.38. The highest BCUT2D eigenvalue weighted by Gasteiger charge is 2.39. The number of carbonyl (C=O) groups is 2. The quantitative estimate of drug-likeness (QED) is 0.776. The summed E-state index contributed by atoms with van der Waals surface area (Å²) in [4.78, 5) is 24.1. The maximum Gasteiger partial charge on any atom is 0.251 e. The fraction of sp³-hybridized carbons (Fsp3) is 0.529. The van der Waals surface area contributed by atoms with Crippen molar-refractivity contribution >= 4 is 17.5 Å². The molecule has 2 aliphatic rings. The lowest BCUT2D eigenvalue weighted by Gasteiger charge is -2.12. The summed E-state index contributed by atoms with van der Waals surface area (Å²) in [5, 5.41) is 9.20. The van der Waals surface area contributed by atoms with E-state index < -0.39 is 0 Å². The molecule has 0 bridgehead atoms. The lowest BCUT2D eigenvalue weighted by molar-refractivity contribution is -0.117. The molecule has 3 unspecified atom stereocenters. The van der Waals surface area contributed by atoms with Gasteiger partial charge in [-0.3, -0.25) is 9.59 Å². The summed E-state index contributed by atoms with van der Waals surface area (Å²) in [6.07, 6.45) is 3.23. The average Bonchev–Trinajstić information content (AvgIpc) is 3.03. The van der Waals surface area contributed by atoms with Crippen LogP contribution >= 0.6 is 0 Å². The van der Waals surface area contributed by atoms with E-state index >= 15 is 0 Å². The topological polar surface area (TPSA) is 70.2 Å². The molecule has 118 valence electrons. The van der Waals surface area contributed by atoms with Crippen molar-refractivity contribution in [1.82, 2.24) is 10.6 Å². The van der Waals surface area contributed by atoms with E-state index in [1.54, 1.807) is 18.2 Å². The van der Waals surface area contributed by atoms with E-state index in [0.29, 0.717) is 29.8 Å². The van der Waals surface area contributed by atoms with Crippen LogP contribution in [0.15, 0.2) is 24.3 Å². The van der Waals surface area contributed by atoms with Crippen LogP contribution in [0.25, 0.3) is 0 Å². The minimum Gasteiger partial charge on any atom is -0.350 e. The number of rotatable bonds is 5. The first-order valence-electron chi connectivity index (χ1n) is 8.06. The lowest BCUT2D eigenvalue weighted by Crippen LogP contribution is -2.37. The molecule has 2 amide bonds. The lowest BCUT2D eigenvalue weighted by atomic mass is 10.1. The van der Waals surface area contributed by atoms with Crippen molar-refractivity contribution in [1.29, 1.82) is 0 Å². The molecule has 3 N–H and O–H groups in total. The smallest absolute Gasteiger partial charge is 0.251 e. The maximum atomic E-state index is 12.2. The number of carbonyl (C=O) groups excluding carboxylic acids is 2. The predicted molar refractivity (Wildman–Crippen MR) is 85.7 cm³/mol. The van der Waals surface area contributed by atoms with E-state index in [0.717, 1.165) is 19.4 Å². The standard InChI is InChI=1S/C17H23N3O2/c1-11-8-15(11)17(22)20-13-5-2-4-12(9-13)16(21)19-10-14-6-3-7-18-14/h2,4-5,9,11,14-15,18H,3,6-8,10H2,1H3,(H,19,21)(H,20,22). The molecule has 1 aliphatic carbocycles. The number of anilines is 1. The van der Waals surface area contributed by atoms with Gasteiger partial charge in [-0.2, -0.15) is 0 Å². The van der Waals surface area contributed by atoms with Crippen molar-refractivity contribution in [3.05, 3.63) is 29.8 Å². The summed E-state index contributed by atoms with van der Waals surface area (Å²) in [6, 6.07) is 7.51. The summed E-state index contributed by atoms with van der Waals surface area (Å²) >= 11 is 0. The molecule has 5 heteroatoms. The van der Waals surface area contributed by atoms with Crippen LogP contribution in [-0.2, 0) is 4.79 Å². The van der Waals surface area contributed by atoms with Gasteiger partial charge in [-0.25, -0.2) is 0 Å². The maximum absolute atomic E-state index is 12.2. The summed E-state index contributed by atoms with van der Waals surface area (Å²) in [6.45, 7) is 3.75. The van der Waals surface area contributed by atoms with Gasteiger partial charge in [0, 0.05) is 29.8 Å². The molecule has 0 spiro atoms. The van der Waals surface area contributed by atoms with Crippen LogP contribution in [0.3, 0.4) is 0 Å². The van der Waals surface area contributed by atoms with E-state index in [4.69, 9.17) is 0 Å². The number of benzene rings is 1. The second kappa shape index (κ2) is 6.48. The van der Waals surface area contributed by atoms with Crippen LogP contribution in [0.5, 0.6) is 0 Å². The van der Waals surface area contributed by atoms with Gasteiger partial charge in [-0.05, 0) is 49.9 Å². The SMILES string of the molecule is CC1CC1C(=O)Nc1cccc(C(=O)NCC2CCCN2)c1. The molecule has 1 aliphatic heterocycles. The van der Waals surface area contributed by atoms with Crippen LogP contribution in [0.2, 0.25) is 0 Å². The molecular weight excluding hydrogens is 278 g/mol. The highest BCUT2D eigenvalue weighted by molar-refractivity contribution is 5.98. The van der Waals surface area contributed by atoms with Gasteiger partial charge in [0.2, 0.25) is 5.91 Å². The van der Waals surface area contributed by atoms with Gasteiger partial charge in [0.15, 0.2) is 0 Å². The molecule has 1 aromatic rings. The van der Waals surface area contributed by atoms with E-state index in [2.05, 4.69) is 22.9 Å². The third-order valence-corrected chi connectivity index (χ3v) is 4.51. The Kier molecular flexibility index (Phi) is 4.43. The second-order valence-electron chi connectivity index (χ2n) is 6.39. The predicted octanol–water partition coefficient (Wildman–Crippen LogP) is 1.76. The largest absolute Gasteiger partial charge is 0.350 e. The van der Waals surface area contributed by atoms with E-state index in [-0.39, 0.29) is 17.7 Å². The Hall–Kier alpha value is -1.88. The van der Waals surface area contributed by atoms with E-state index in [1.807, 2.05) is 6.07 Å². The van der Waals surface area contributed by atoms with Crippen molar-refractivity contribution in [3.8, 4) is 0 Å². The molecule has 2 fully saturated rings. The van der Waals surface area contributed by atoms with Gasteiger partial charge in [0.05, 0.1) is 0 Å². The summed E-state index contributed by atoms with van der Waals surface area (Å²) in [7, 11) is 0. The summed E-state index contributed by atoms with van der Waals surface area (Å²) in [5.41, 5.74) is 1.27. The molecule has 0 radical (unpaired) electrons. The summed E-state index contributed by atoms with van der Waals surface area (Å²) < 4.78 is 0. The molecule has 3 atom stereocenters. The Morgan fingerprint density at radius 2 is 2.18 bits per heavy atom. The number of hydrogen-bond donors (Lipinski definition) is 3. The minimum atomic E-state index is -0.0930. The van der Waals surface area contributed by atoms with Gasteiger partial charge in [-0.15, -0.1) is 0 Å². The molecule has 1 saturated heterocycles. The van der Waals surface area contributed by atoms with Crippen LogP contribution in [0, 0.1) is 11.8 Å². The van der Waals surface area contributed by atoms with Crippen LogP contribution in [-0.4, -0.2) is 30.9 Å². The molecular formula is C17H23N3O2. The summed E-state index contributed by atoms with van der Waals surface area (Å²) in [5.74, 6) is 0.570. The van der Waals surface area contributed by atoms with Gasteiger partial charge in [-0.1, -0.05) is 13.0 Å². The zero-order valence-corrected chi connectivity index (χ0v) is 12.9.